The summed E-state index contributed by atoms with van der Waals surface area (Å²) in [6.07, 6.45) is 3.08. The van der Waals surface area contributed by atoms with E-state index in [-0.39, 0.29) is 29.6 Å². The van der Waals surface area contributed by atoms with Gasteiger partial charge in [0.15, 0.2) is 5.76 Å². The largest absolute Gasteiger partial charge is 0.475 e. The molecule has 2 heterocycles. The minimum atomic E-state index is -1.17. The number of carbonyl (C=O) groups is 2. The van der Waals surface area contributed by atoms with Gasteiger partial charge in [-0.1, -0.05) is 0 Å². The average Bonchev–Trinajstić information content (AvgIpc) is 3.06. The van der Waals surface area contributed by atoms with Crippen molar-refractivity contribution < 1.29 is 23.8 Å². The summed E-state index contributed by atoms with van der Waals surface area (Å²) in [5.74, 6) is -1.53. The van der Waals surface area contributed by atoms with Crippen LogP contribution in [-0.4, -0.2) is 47.2 Å². The number of hydrogen-bond acceptors (Lipinski definition) is 4. The van der Waals surface area contributed by atoms with Crippen molar-refractivity contribution in [3.63, 3.8) is 0 Å². The summed E-state index contributed by atoms with van der Waals surface area (Å²) in [5.41, 5.74) is 0. The van der Waals surface area contributed by atoms with E-state index in [1.165, 1.54) is 12.1 Å². The smallest absolute Gasteiger partial charge is 0.371 e. The van der Waals surface area contributed by atoms with Gasteiger partial charge in [-0.05, 0) is 31.4 Å². The van der Waals surface area contributed by atoms with Crippen LogP contribution < -0.4 is 0 Å². The van der Waals surface area contributed by atoms with Gasteiger partial charge >= 0.3 is 5.97 Å². The maximum atomic E-state index is 12.4. The molecule has 1 saturated carbocycles. The molecule has 1 amide bonds. The molecule has 1 aromatic rings. The fraction of sp³-hybridized carbons (Fsp3) is 0.538. The molecule has 2 unspecified atom stereocenters. The average molecular weight is 265 g/mol. The lowest BCUT2D eigenvalue weighted by Crippen LogP contribution is -2.51. The number of rotatable bonds is 2. The van der Waals surface area contributed by atoms with Gasteiger partial charge in [0.1, 0.15) is 0 Å². The van der Waals surface area contributed by atoms with Gasteiger partial charge in [0.25, 0.3) is 5.91 Å². The first-order valence-corrected chi connectivity index (χ1v) is 6.42. The molecule has 1 saturated heterocycles. The number of carboxylic acid groups (broad SMARTS) is 1. The fourth-order valence-electron chi connectivity index (χ4n) is 2.89. The molecule has 1 aromatic heterocycles. The molecular weight excluding hydrogens is 250 g/mol. The Balaban J connectivity index is 1.80. The Morgan fingerprint density at radius 2 is 2.05 bits per heavy atom. The van der Waals surface area contributed by atoms with Crippen molar-refractivity contribution in [1.29, 1.82) is 0 Å². The molecule has 102 valence electrons. The Hall–Kier alpha value is -1.82. The number of carbonyl (C=O) groups excluding carboxylic acids is 1. The van der Waals surface area contributed by atoms with Crippen LogP contribution in [0.4, 0.5) is 0 Å². The third-order valence-corrected chi connectivity index (χ3v) is 3.77. The number of ether oxygens (including phenoxy) is 1. The third kappa shape index (κ3) is 2.12. The summed E-state index contributed by atoms with van der Waals surface area (Å²) in [5, 5.41) is 8.80. The van der Waals surface area contributed by atoms with Crippen LogP contribution in [0.3, 0.4) is 0 Å². The topological polar surface area (TPSA) is 80.0 Å². The lowest BCUT2D eigenvalue weighted by atomic mass is 10.1. The van der Waals surface area contributed by atoms with Crippen LogP contribution in [0.25, 0.3) is 0 Å². The maximum absolute atomic E-state index is 12.4. The van der Waals surface area contributed by atoms with Crippen molar-refractivity contribution in [3.8, 4) is 0 Å². The Labute approximate surface area is 109 Å². The predicted octanol–water partition coefficient (Wildman–Crippen LogP) is 1.37. The highest BCUT2D eigenvalue weighted by Crippen LogP contribution is 2.30. The maximum Gasteiger partial charge on any atom is 0.371 e. The highest BCUT2D eigenvalue weighted by Gasteiger charge is 2.39. The van der Waals surface area contributed by atoms with Crippen LogP contribution in [0.5, 0.6) is 0 Å². The van der Waals surface area contributed by atoms with Crippen LogP contribution in [0.15, 0.2) is 16.5 Å². The van der Waals surface area contributed by atoms with E-state index in [1.54, 1.807) is 4.90 Å². The van der Waals surface area contributed by atoms with E-state index in [4.69, 9.17) is 14.3 Å². The molecule has 1 aliphatic carbocycles. The molecule has 3 rings (SSSR count). The zero-order valence-electron chi connectivity index (χ0n) is 10.4. The second-order valence-electron chi connectivity index (χ2n) is 4.88. The van der Waals surface area contributed by atoms with Gasteiger partial charge in [0.05, 0.1) is 18.8 Å². The van der Waals surface area contributed by atoms with Gasteiger partial charge in [-0.25, -0.2) is 4.79 Å². The lowest BCUT2D eigenvalue weighted by Gasteiger charge is -2.37. The van der Waals surface area contributed by atoms with E-state index in [0.717, 1.165) is 19.3 Å². The Morgan fingerprint density at radius 1 is 1.26 bits per heavy atom. The zero-order chi connectivity index (χ0) is 13.4. The number of hydrogen-bond donors (Lipinski definition) is 1. The van der Waals surface area contributed by atoms with Gasteiger partial charge in [-0.3, -0.25) is 4.79 Å². The minimum absolute atomic E-state index is 0.0879. The summed E-state index contributed by atoms with van der Waals surface area (Å²) < 4.78 is 10.7. The molecule has 0 bridgehead atoms. The Bertz CT molecular complexity index is 509. The molecule has 2 atom stereocenters. The monoisotopic (exact) mass is 265 g/mol. The molecule has 2 fully saturated rings. The van der Waals surface area contributed by atoms with E-state index in [9.17, 15) is 9.59 Å². The highest BCUT2D eigenvalue weighted by atomic mass is 16.5. The highest BCUT2D eigenvalue weighted by molar-refractivity contribution is 5.93. The van der Waals surface area contributed by atoms with Gasteiger partial charge in [-0.15, -0.1) is 0 Å². The second-order valence-corrected chi connectivity index (χ2v) is 4.88. The fourth-order valence-corrected chi connectivity index (χ4v) is 2.89. The van der Waals surface area contributed by atoms with Crippen LogP contribution in [-0.2, 0) is 4.74 Å². The van der Waals surface area contributed by atoms with Crippen LogP contribution in [0.1, 0.15) is 40.4 Å². The van der Waals surface area contributed by atoms with E-state index >= 15 is 0 Å². The first-order chi connectivity index (χ1) is 9.16. The minimum Gasteiger partial charge on any atom is -0.475 e. The molecule has 6 heteroatoms. The standard InChI is InChI=1S/C13H15NO5/c15-12(10-4-5-11(19-10)13(16)17)14-6-7-18-9-3-1-2-8(9)14/h4-5,8-9H,1-3,6-7H2,(H,16,17). The predicted molar refractivity (Wildman–Crippen MR) is 64.1 cm³/mol. The Morgan fingerprint density at radius 3 is 2.79 bits per heavy atom. The van der Waals surface area contributed by atoms with Crippen LogP contribution in [0.2, 0.25) is 0 Å². The first kappa shape index (κ1) is 12.2. The quantitative estimate of drug-likeness (QED) is 0.873. The van der Waals surface area contributed by atoms with E-state index in [2.05, 4.69) is 0 Å². The summed E-state index contributed by atoms with van der Waals surface area (Å²) in [4.78, 5) is 24.9. The van der Waals surface area contributed by atoms with Gasteiger partial charge in [-0.2, -0.15) is 0 Å². The third-order valence-electron chi connectivity index (χ3n) is 3.77. The molecule has 6 nitrogen and oxygen atoms in total. The van der Waals surface area contributed by atoms with Crippen molar-refractivity contribution in [3.05, 3.63) is 23.7 Å². The summed E-state index contributed by atoms with van der Waals surface area (Å²) >= 11 is 0. The van der Waals surface area contributed by atoms with Crippen molar-refractivity contribution >= 4 is 11.9 Å². The number of carboxylic acids is 1. The van der Waals surface area contributed by atoms with Gasteiger partial charge < -0.3 is 19.2 Å². The van der Waals surface area contributed by atoms with Gasteiger partial charge in [0, 0.05) is 6.54 Å². The molecule has 2 aliphatic rings. The lowest BCUT2D eigenvalue weighted by molar-refractivity contribution is -0.0454. The van der Waals surface area contributed by atoms with Crippen molar-refractivity contribution in [2.45, 2.75) is 31.4 Å². The van der Waals surface area contributed by atoms with E-state index < -0.39 is 5.97 Å². The Kier molecular flexibility index (Phi) is 3.02. The number of fused-ring (bicyclic) bond motifs is 1. The molecule has 1 N–H and O–H groups in total. The summed E-state index contributed by atoms with van der Waals surface area (Å²) in [6, 6.07) is 2.83. The van der Waals surface area contributed by atoms with Gasteiger partial charge in [0.2, 0.25) is 5.76 Å². The van der Waals surface area contributed by atoms with Crippen LogP contribution >= 0.6 is 0 Å². The number of aromatic carboxylic acids is 1. The van der Waals surface area contributed by atoms with E-state index in [0.29, 0.717) is 13.2 Å². The SMILES string of the molecule is O=C(O)c1ccc(C(=O)N2CCOC3CCCC32)o1. The molecule has 19 heavy (non-hydrogen) atoms. The molecule has 0 spiro atoms. The normalized spacial score (nSPS) is 26.2. The number of furan rings is 1. The van der Waals surface area contributed by atoms with Crippen molar-refractivity contribution in [2.24, 2.45) is 0 Å². The molecule has 0 radical (unpaired) electrons. The molecule has 0 aromatic carbocycles. The van der Waals surface area contributed by atoms with Crippen molar-refractivity contribution in [2.75, 3.05) is 13.2 Å². The second kappa shape index (κ2) is 4.70. The molecule has 1 aliphatic heterocycles. The number of morpholine rings is 1. The van der Waals surface area contributed by atoms with Crippen LogP contribution in [0, 0.1) is 0 Å². The molecular formula is C13H15NO5. The zero-order valence-corrected chi connectivity index (χ0v) is 10.4. The first-order valence-electron chi connectivity index (χ1n) is 6.42. The summed E-state index contributed by atoms with van der Waals surface area (Å²) in [7, 11) is 0. The van der Waals surface area contributed by atoms with Crippen molar-refractivity contribution in [1.82, 2.24) is 4.90 Å². The number of amides is 1. The van der Waals surface area contributed by atoms with E-state index in [1.807, 2.05) is 0 Å². The number of nitrogens with zero attached hydrogens (tertiary/aromatic N) is 1. The summed E-state index contributed by atoms with van der Waals surface area (Å²) in [6.45, 7) is 1.06.